The molecule has 0 radical (unpaired) electrons. The second-order valence-corrected chi connectivity index (χ2v) is 8.17. The molecule has 27 heavy (non-hydrogen) atoms. The Morgan fingerprint density at radius 3 is 2.52 bits per heavy atom. The van der Waals surface area contributed by atoms with Crippen molar-refractivity contribution in [1.29, 1.82) is 0 Å². The van der Waals surface area contributed by atoms with Crippen LogP contribution in [0.5, 0.6) is 0 Å². The molecule has 150 valence electrons. The Hall–Kier alpha value is -1.93. The summed E-state index contributed by atoms with van der Waals surface area (Å²) in [5, 5.41) is 22.1. The van der Waals surface area contributed by atoms with Crippen LogP contribution < -0.4 is 0 Å². The van der Waals surface area contributed by atoms with Gasteiger partial charge in [-0.1, -0.05) is 6.92 Å². The molecule has 1 heterocycles. The monoisotopic (exact) mass is 382 g/mol. The summed E-state index contributed by atoms with van der Waals surface area (Å²) in [7, 11) is 0. The second-order valence-electron chi connectivity index (χ2n) is 8.17. The number of aliphatic hydroxyl groups is 2. The Morgan fingerprint density at radius 2 is 1.93 bits per heavy atom. The van der Waals surface area contributed by atoms with E-state index in [-0.39, 0.29) is 18.6 Å². The molecule has 6 atom stereocenters. The third-order valence-corrected chi connectivity index (χ3v) is 6.37. The molecule has 2 fully saturated rings. The first kappa shape index (κ1) is 19.8. The maximum atomic E-state index is 12.4. The molecule has 0 amide bonds. The van der Waals surface area contributed by atoms with Crippen LogP contribution in [0.15, 0.2) is 11.1 Å². The molecule has 2 N–H and O–H groups in total. The summed E-state index contributed by atoms with van der Waals surface area (Å²) in [5.74, 6) is -2.31. The summed E-state index contributed by atoms with van der Waals surface area (Å²) >= 11 is 0. The van der Waals surface area contributed by atoms with Crippen LogP contribution in [-0.4, -0.2) is 58.6 Å². The molecule has 0 aromatic rings. The molecular weight excluding hydrogens is 356 g/mol. The minimum Gasteiger partial charge on any atom is -0.461 e. The Bertz CT molecular complexity index is 708. The lowest BCUT2D eigenvalue weighted by Gasteiger charge is -2.58. The average molecular weight is 382 g/mol. The SMILES string of the molecule is CC(=O)OCC1=C2CCC3(C)C(O)CC(OC(C)=O)C(C)(O)C3C2OC1=O. The van der Waals surface area contributed by atoms with Gasteiger partial charge in [0, 0.05) is 31.6 Å². The van der Waals surface area contributed by atoms with Crippen molar-refractivity contribution in [2.45, 2.75) is 70.9 Å². The van der Waals surface area contributed by atoms with Crippen molar-refractivity contribution in [2.24, 2.45) is 11.3 Å². The van der Waals surface area contributed by atoms with E-state index in [0.717, 1.165) is 0 Å². The number of aliphatic hydroxyl groups excluding tert-OH is 1. The molecule has 0 aromatic heterocycles. The van der Waals surface area contributed by atoms with Gasteiger partial charge in [0.15, 0.2) is 0 Å². The van der Waals surface area contributed by atoms with Crippen molar-refractivity contribution >= 4 is 17.9 Å². The third kappa shape index (κ3) is 3.14. The van der Waals surface area contributed by atoms with Gasteiger partial charge < -0.3 is 24.4 Å². The van der Waals surface area contributed by atoms with Gasteiger partial charge in [0.05, 0.1) is 11.7 Å². The predicted molar refractivity (Wildman–Crippen MR) is 91.2 cm³/mol. The van der Waals surface area contributed by atoms with E-state index in [9.17, 15) is 24.6 Å². The number of carbonyl (C=O) groups is 3. The second kappa shape index (κ2) is 6.60. The largest absolute Gasteiger partial charge is 0.461 e. The van der Waals surface area contributed by atoms with Crippen LogP contribution in [0.2, 0.25) is 0 Å². The summed E-state index contributed by atoms with van der Waals surface area (Å²) in [6.45, 7) is 5.73. The molecule has 6 unspecified atom stereocenters. The zero-order chi connectivity index (χ0) is 20.1. The van der Waals surface area contributed by atoms with Crippen molar-refractivity contribution < 1.29 is 38.8 Å². The number of ether oxygens (including phenoxy) is 3. The van der Waals surface area contributed by atoms with E-state index in [1.54, 1.807) is 6.92 Å². The minimum absolute atomic E-state index is 0.111. The normalized spacial score (nSPS) is 40.7. The van der Waals surface area contributed by atoms with Crippen LogP contribution in [0.4, 0.5) is 0 Å². The predicted octanol–water partition coefficient (Wildman–Crippen LogP) is 0.635. The van der Waals surface area contributed by atoms with Gasteiger partial charge in [0.25, 0.3) is 0 Å². The first-order valence-electron chi connectivity index (χ1n) is 9.12. The average Bonchev–Trinajstić information content (AvgIpc) is 2.85. The lowest BCUT2D eigenvalue weighted by Crippen LogP contribution is -2.67. The third-order valence-electron chi connectivity index (χ3n) is 6.37. The highest BCUT2D eigenvalue weighted by atomic mass is 16.6. The maximum absolute atomic E-state index is 12.4. The van der Waals surface area contributed by atoms with Gasteiger partial charge in [-0.15, -0.1) is 0 Å². The lowest BCUT2D eigenvalue weighted by atomic mass is 9.51. The minimum atomic E-state index is -1.51. The molecule has 0 bridgehead atoms. The van der Waals surface area contributed by atoms with Gasteiger partial charge in [-0.3, -0.25) is 9.59 Å². The van der Waals surface area contributed by atoms with Gasteiger partial charge in [0.2, 0.25) is 0 Å². The molecule has 2 aliphatic carbocycles. The number of esters is 3. The fraction of sp³-hybridized carbons (Fsp3) is 0.737. The molecule has 3 aliphatic rings. The standard InChI is InChI=1S/C19H26O8/c1-9(20)25-8-12-11-5-6-18(3)13(22)7-14(26-10(2)21)19(4,24)16(18)15(11)27-17(12)23/h13-16,22,24H,5-8H2,1-4H3. The van der Waals surface area contributed by atoms with E-state index >= 15 is 0 Å². The van der Waals surface area contributed by atoms with Crippen LogP contribution in [0.25, 0.3) is 0 Å². The molecule has 0 aromatic carbocycles. The summed E-state index contributed by atoms with van der Waals surface area (Å²) in [5.41, 5.74) is -1.25. The van der Waals surface area contributed by atoms with E-state index in [1.165, 1.54) is 13.8 Å². The van der Waals surface area contributed by atoms with Crippen molar-refractivity contribution in [1.82, 2.24) is 0 Å². The molecule has 1 aliphatic heterocycles. The number of hydrogen-bond acceptors (Lipinski definition) is 8. The van der Waals surface area contributed by atoms with Crippen LogP contribution in [0.3, 0.4) is 0 Å². The Kier molecular flexibility index (Phi) is 4.84. The van der Waals surface area contributed by atoms with Crippen LogP contribution >= 0.6 is 0 Å². The fourth-order valence-electron chi connectivity index (χ4n) is 4.98. The van der Waals surface area contributed by atoms with E-state index in [0.29, 0.717) is 18.4 Å². The van der Waals surface area contributed by atoms with E-state index in [4.69, 9.17) is 14.2 Å². The van der Waals surface area contributed by atoms with Gasteiger partial charge in [0.1, 0.15) is 24.4 Å². The Morgan fingerprint density at radius 1 is 1.26 bits per heavy atom. The van der Waals surface area contributed by atoms with E-state index < -0.39 is 53.2 Å². The first-order chi connectivity index (χ1) is 12.5. The highest BCUT2D eigenvalue weighted by Crippen LogP contribution is 2.58. The highest BCUT2D eigenvalue weighted by Gasteiger charge is 2.65. The molecule has 8 heteroatoms. The maximum Gasteiger partial charge on any atom is 0.338 e. The van der Waals surface area contributed by atoms with Crippen LogP contribution in [0.1, 0.15) is 47.0 Å². The van der Waals surface area contributed by atoms with E-state index in [2.05, 4.69) is 0 Å². The topological polar surface area (TPSA) is 119 Å². The number of carbonyl (C=O) groups excluding carboxylic acids is 3. The molecule has 0 saturated heterocycles. The summed E-state index contributed by atoms with van der Waals surface area (Å²) in [6, 6.07) is 0. The Labute approximate surface area is 157 Å². The molecule has 8 nitrogen and oxygen atoms in total. The van der Waals surface area contributed by atoms with E-state index in [1.807, 2.05) is 6.92 Å². The number of rotatable bonds is 3. The molecule has 0 spiro atoms. The first-order valence-corrected chi connectivity index (χ1v) is 9.12. The zero-order valence-corrected chi connectivity index (χ0v) is 16.0. The van der Waals surface area contributed by atoms with Crippen molar-refractivity contribution in [3.63, 3.8) is 0 Å². The lowest BCUT2D eigenvalue weighted by molar-refractivity contribution is -0.244. The van der Waals surface area contributed by atoms with Gasteiger partial charge >= 0.3 is 17.9 Å². The van der Waals surface area contributed by atoms with Crippen LogP contribution in [0, 0.1) is 11.3 Å². The zero-order valence-electron chi connectivity index (χ0n) is 16.0. The fourth-order valence-corrected chi connectivity index (χ4v) is 4.98. The highest BCUT2D eigenvalue weighted by molar-refractivity contribution is 5.93. The smallest absolute Gasteiger partial charge is 0.338 e. The van der Waals surface area contributed by atoms with Crippen molar-refractivity contribution in [2.75, 3.05) is 6.61 Å². The number of hydrogen-bond donors (Lipinski definition) is 2. The number of fused-ring (bicyclic) bond motifs is 3. The summed E-state index contributed by atoms with van der Waals surface area (Å²) in [6.07, 6.45) is -1.38. The van der Waals surface area contributed by atoms with Gasteiger partial charge in [-0.2, -0.15) is 0 Å². The van der Waals surface area contributed by atoms with Crippen LogP contribution in [-0.2, 0) is 28.6 Å². The molecule has 3 rings (SSSR count). The summed E-state index contributed by atoms with van der Waals surface area (Å²) < 4.78 is 15.8. The quantitative estimate of drug-likeness (QED) is 0.539. The Balaban J connectivity index is 2.00. The van der Waals surface area contributed by atoms with Gasteiger partial charge in [-0.25, -0.2) is 4.79 Å². The molecular formula is C19H26O8. The van der Waals surface area contributed by atoms with Gasteiger partial charge in [-0.05, 0) is 25.3 Å². The molecule has 2 saturated carbocycles. The summed E-state index contributed by atoms with van der Waals surface area (Å²) in [4.78, 5) is 35.0. The van der Waals surface area contributed by atoms with Crippen molar-refractivity contribution in [3.05, 3.63) is 11.1 Å². The van der Waals surface area contributed by atoms with Crippen molar-refractivity contribution in [3.8, 4) is 0 Å².